The number of aromatic nitrogens is 2. The van der Waals surface area contributed by atoms with E-state index in [-0.39, 0.29) is 18.1 Å². The lowest BCUT2D eigenvalue weighted by molar-refractivity contribution is -0.127. The van der Waals surface area contributed by atoms with Gasteiger partial charge in [-0.15, -0.1) is 0 Å². The monoisotopic (exact) mass is 321 g/mol. The maximum Gasteiger partial charge on any atom is 0.220 e. The van der Waals surface area contributed by atoms with Crippen molar-refractivity contribution in [3.8, 4) is 0 Å². The molecule has 2 aliphatic rings. The van der Waals surface area contributed by atoms with Crippen molar-refractivity contribution in [2.24, 2.45) is 5.92 Å². The average molecular weight is 321 g/mol. The van der Waals surface area contributed by atoms with Crippen molar-refractivity contribution in [2.45, 2.75) is 57.2 Å². The van der Waals surface area contributed by atoms with Crippen LogP contribution >= 0.6 is 0 Å². The van der Waals surface area contributed by atoms with Crippen molar-refractivity contribution in [2.75, 3.05) is 19.8 Å². The van der Waals surface area contributed by atoms with Crippen molar-refractivity contribution in [1.82, 2.24) is 15.1 Å². The van der Waals surface area contributed by atoms with Crippen molar-refractivity contribution in [1.29, 1.82) is 0 Å². The lowest BCUT2D eigenvalue weighted by Crippen LogP contribution is -2.51. The number of rotatable bonds is 8. The fraction of sp³-hybridized carbons (Fsp3) is 0.765. The number of nitrogens with one attached hydrogen (secondary N) is 1. The van der Waals surface area contributed by atoms with Crippen molar-refractivity contribution < 1.29 is 14.3 Å². The van der Waals surface area contributed by atoms with Gasteiger partial charge in [-0.2, -0.15) is 5.10 Å². The highest BCUT2D eigenvalue weighted by atomic mass is 16.5. The highest BCUT2D eigenvalue weighted by molar-refractivity contribution is 5.76. The Morgan fingerprint density at radius 3 is 3.04 bits per heavy atom. The molecule has 1 aliphatic carbocycles. The van der Waals surface area contributed by atoms with Crippen LogP contribution in [0.4, 0.5) is 0 Å². The van der Waals surface area contributed by atoms with Crippen LogP contribution in [0.15, 0.2) is 18.5 Å². The summed E-state index contributed by atoms with van der Waals surface area (Å²) in [5, 5.41) is 7.23. The topological polar surface area (TPSA) is 65.4 Å². The van der Waals surface area contributed by atoms with Crippen molar-refractivity contribution in [3.05, 3.63) is 18.5 Å². The summed E-state index contributed by atoms with van der Waals surface area (Å²) < 4.78 is 13.4. The predicted octanol–water partition coefficient (Wildman–Crippen LogP) is 1.75. The molecule has 1 N–H and O–H groups in total. The summed E-state index contributed by atoms with van der Waals surface area (Å²) in [5.74, 6) is 0.799. The van der Waals surface area contributed by atoms with Gasteiger partial charge in [0.2, 0.25) is 5.91 Å². The molecule has 0 spiro atoms. The third kappa shape index (κ3) is 5.04. The number of amides is 1. The van der Waals surface area contributed by atoms with Gasteiger partial charge in [-0.1, -0.05) is 6.42 Å². The molecule has 23 heavy (non-hydrogen) atoms. The van der Waals surface area contributed by atoms with Gasteiger partial charge in [-0.25, -0.2) is 0 Å². The van der Waals surface area contributed by atoms with Crippen LogP contribution in [-0.4, -0.2) is 47.7 Å². The summed E-state index contributed by atoms with van der Waals surface area (Å²) in [4.78, 5) is 12.1. The standard InChI is InChI=1S/C17H27N3O3/c21-17(6-2-9-20-10-3-8-18-20)19-15-13-22-11-7-16(15)23-12-14-4-1-5-14/h3,8,10,14-16H,1-2,4-7,9,11-13H2,(H,19,21)/t15-,16+/m1/s1. The zero-order chi connectivity index (χ0) is 15.9. The minimum atomic E-state index is -0.0129. The van der Waals surface area contributed by atoms with E-state index in [0.29, 0.717) is 13.0 Å². The Hall–Kier alpha value is -1.40. The lowest BCUT2D eigenvalue weighted by atomic mass is 9.86. The summed E-state index contributed by atoms with van der Waals surface area (Å²) in [6.45, 7) is 2.88. The minimum Gasteiger partial charge on any atom is -0.379 e. The van der Waals surface area contributed by atoms with E-state index in [0.717, 1.165) is 38.5 Å². The smallest absolute Gasteiger partial charge is 0.220 e. The molecule has 6 nitrogen and oxygen atoms in total. The quantitative estimate of drug-likeness (QED) is 0.792. The molecule has 0 unspecified atom stereocenters. The second kappa shape index (κ2) is 8.45. The molecule has 3 rings (SSSR count). The number of carbonyl (C=O) groups is 1. The number of carbonyl (C=O) groups excluding carboxylic acids is 1. The molecular formula is C17H27N3O3. The average Bonchev–Trinajstić information content (AvgIpc) is 3.00. The van der Waals surface area contributed by atoms with E-state index < -0.39 is 0 Å². The molecule has 0 aromatic carbocycles. The van der Waals surface area contributed by atoms with E-state index in [9.17, 15) is 4.79 Å². The Morgan fingerprint density at radius 1 is 1.39 bits per heavy atom. The molecule has 1 saturated heterocycles. The van der Waals surface area contributed by atoms with Gasteiger partial charge in [0.1, 0.15) is 0 Å². The van der Waals surface area contributed by atoms with Crippen LogP contribution in [0.1, 0.15) is 38.5 Å². The summed E-state index contributed by atoms with van der Waals surface area (Å²) in [5.41, 5.74) is 0. The van der Waals surface area contributed by atoms with E-state index in [1.165, 1.54) is 19.3 Å². The molecule has 0 radical (unpaired) electrons. The maximum atomic E-state index is 12.1. The summed E-state index contributed by atoms with van der Waals surface area (Å²) >= 11 is 0. The van der Waals surface area contributed by atoms with Gasteiger partial charge in [0, 0.05) is 38.6 Å². The van der Waals surface area contributed by atoms with Gasteiger partial charge in [0.05, 0.1) is 18.8 Å². The van der Waals surface area contributed by atoms with E-state index in [1.807, 2.05) is 16.9 Å². The molecule has 1 amide bonds. The van der Waals surface area contributed by atoms with Crippen LogP contribution < -0.4 is 5.32 Å². The second-order valence-corrected chi connectivity index (χ2v) is 6.58. The van der Waals surface area contributed by atoms with E-state index in [4.69, 9.17) is 9.47 Å². The molecular weight excluding hydrogens is 294 g/mol. The third-order valence-electron chi connectivity index (χ3n) is 4.76. The van der Waals surface area contributed by atoms with Crippen LogP contribution in [0, 0.1) is 5.92 Å². The molecule has 2 fully saturated rings. The van der Waals surface area contributed by atoms with Crippen molar-refractivity contribution >= 4 is 5.91 Å². The number of aryl methyl sites for hydroxylation is 1. The zero-order valence-electron chi connectivity index (χ0n) is 13.7. The number of hydrogen-bond acceptors (Lipinski definition) is 4. The van der Waals surface area contributed by atoms with E-state index in [1.54, 1.807) is 6.20 Å². The summed E-state index contributed by atoms with van der Waals surface area (Å²) in [6.07, 6.45) is 9.82. The Bertz CT molecular complexity index is 473. The Balaban J connectivity index is 1.37. The highest BCUT2D eigenvalue weighted by Crippen LogP contribution is 2.27. The van der Waals surface area contributed by atoms with Gasteiger partial charge in [-0.05, 0) is 37.7 Å². The normalized spacial score (nSPS) is 25.0. The molecule has 1 aliphatic heterocycles. The second-order valence-electron chi connectivity index (χ2n) is 6.58. The molecule has 6 heteroatoms. The Kier molecular flexibility index (Phi) is 6.05. The molecule has 1 aromatic rings. The van der Waals surface area contributed by atoms with Gasteiger partial charge < -0.3 is 14.8 Å². The SMILES string of the molecule is O=C(CCCn1cccn1)N[C@@H]1COCC[C@@H]1OCC1CCC1. The van der Waals surface area contributed by atoms with Crippen LogP contribution in [0.2, 0.25) is 0 Å². The third-order valence-corrected chi connectivity index (χ3v) is 4.76. The summed E-state index contributed by atoms with van der Waals surface area (Å²) in [7, 11) is 0. The van der Waals surface area contributed by atoms with Gasteiger partial charge in [-0.3, -0.25) is 9.48 Å². The molecule has 0 bridgehead atoms. The maximum absolute atomic E-state index is 12.1. The Labute approximate surface area is 137 Å². The van der Waals surface area contributed by atoms with Gasteiger partial charge >= 0.3 is 0 Å². The number of ether oxygens (including phenoxy) is 2. The van der Waals surface area contributed by atoms with Crippen molar-refractivity contribution in [3.63, 3.8) is 0 Å². The lowest BCUT2D eigenvalue weighted by Gasteiger charge is -2.34. The molecule has 1 saturated carbocycles. The molecule has 1 aromatic heterocycles. The number of hydrogen-bond donors (Lipinski definition) is 1. The molecule has 2 atom stereocenters. The number of nitrogens with zero attached hydrogens (tertiary/aromatic N) is 2. The first-order valence-corrected chi connectivity index (χ1v) is 8.77. The minimum absolute atomic E-state index is 0.0129. The Morgan fingerprint density at radius 2 is 2.30 bits per heavy atom. The van der Waals surface area contributed by atoms with Gasteiger partial charge in [0.25, 0.3) is 0 Å². The highest BCUT2D eigenvalue weighted by Gasteiger charge is 2.29. The van der Waals surface area contributed by atoms with E-state index in [2.05, 4.69) is 10.4 Å². The fourth-order valence-electron chi connectivity index (χ4n) is 3.08. The van der Waals surface area contributed by atoms with E-state index >= 15 is 0 Å². The van der Waals surface area contributed by atoms with Crippen LogP contribution in [-0.2, 0) is 20.8 Å². The first-order valence-electron chi connectivity index (χ1n) is 8.77. The molecule has 2 heterocycles. The van der Waals surface area contributed by atoms with Crippen LogP contribution in [0.25, 0.3) is 0 Å². The van der Waals surface area contributed by atoms with Crippen LogP contribution in [0.3, 0.4) is 0 Å². The first-order chi connectivity index (χ1) is 11.3. The summed E-state index contributed by atoms with van der Waals surface area (Å²) in [6, 6.07) is 1.88. The molecule has 128 valence electrons. The largest absolute Gasteiger partial charge is 0.379 e. The van der Waals surface area contributed by atoms with Crippen LogP contribution in [0.5, 0.6) is 0 Å². The fourth-order valence-corrected chi connectivity index (χ4v) is 3.08. The van der Waals surface area contributed by atoms with Gasteiger partial charge in [0.15, 0.2) is 0 Å². The first kappa shape index (κ1) is 16.5. The predicted molar refractivity (Wildman–Crippen MR) is 85.9 cm³/mol. The zero-order valence-corrected chi connectivity index (χ0v) is 13.7.